The number of hydrogen-bond donors (Lipinski definition) is 1. The van der Waals surface area contributed by atoms with E-state index in [1.807, 2.05) is 18.5 Å². The van der Waals surface area contributed by atoms with Crippen molar-refractivity contribution in [3.63, 3.8) is 0 Å². The lowest BCUT2D eigenvalue weighted by Gasteiger charge is -2.09. The number of hydrogen-bond acceptors (Lipinski definition) is 7. The number of imidazole rings is 1. The van der Waals surface area contributed by atoms with Crippen molar-refractivity contribution in [3.05, 3.63) is 42.2 Å². The average Bonchev–Trinajstić information content (AvgIpc) is 3.47. The number of nitrogens with zero attached hydrogens (tertiary/aromatic N) is 3. The van der Waals surface area contributed by atoms with Crippen LogP contribution in [-0.4, -0.2) is 48.0 Å². The van der Waals surface area contributed by atoms with Gasteiger partial charge in [0.2, 0.25) is 0 Å². The maximum atomic E-state index is 5.45. The fourth-order valence-corrected chi connectivity index (χ4v) is 4.67. The molecular weight excluding hydrogens is 388 g/mol. The number of thiazole rings is 1. The summed E-state index contributed by atoms with van der Waals surface area (Å²) in [6, 6.07) is 10.6. The highest BCUT2D eigenvalue weighted by Gasteiger charge is 2.17. The van der Waals surface area contributed by atoms with Gasteiger partial charge >= 0.3 is 0 Å². The summed E-state index contributed by atoms with van der Waals surface area (Å²) >= 11 is 1.69. The van der Waals surface area contributed by atoms with Crippen LogP contribution in [0.2, 0.25) is 0 Å². The van der Waals surface area contributed by atoms with Crippen molar-refractivity contribution in [3.8, 4) is 11.5 Å². The lowest BCUT2D eigenvalue weighted by molar-refractivity contribution is 0.195. The SMILES string of the molecule is COc1cc2ncn(Cc3ccc4nc(N[C@@H]5CCOC5)sc4c3)c2cc1OC. The van der Waals surface area contributed by atoms with Crippen LogP contribution in [0.3, 0.4) is 0 Å². The van der Waals surface area contributed by atoms with Gasteiger partial charge in [-0.05, 0) is 24.1 Å². The van der Waals surface area contributed by atoms with Gasteiger partial charge in [-0.1, -0.05) is 17.4 Å². The molecule has 0 amide bonds. The lowest BCUT2D eigenvalue weighted by atomic mass is 10.2. The summed E-state index contributed by atoms with van der Waals surface area (Å²) in [5.74, 6) is 1.38. The quantitative estimate of drug-likeness (QED) is 0.520. The van der Waals surface area contributed by atoms with Crippen LogP contribution in [0.15, 0.2) is 36.7 Å². The van der Waals surface area contributed by atoms with E-state index < -0.39 is 0 Å². The van der Waals surface area contributed by atoms with Crippen molar-refractivity contribution in [2.75, 3.05) is 32.8 Å². The van der Waals surface area contributed by atoms with Crippen molar-refractivity contribution in [2.45, 2.75) is 19.0 Å². The Morgan fingerprint density at radius 3 is 2.83 bits per heavy atom. The van der Waals surface area contributed by atoms with Crippen molar-refractivity contribution in [1.29, 1.82) is 0 Å². The molecule has 1 saturated heterocycles. The van der Waals surface area contributed by atoms with E-state index in [2.05, 4.69) is 33.1 Å². The lowest BCUT2D eigenvalue weighted by Crippen LogP contribution is -2.18. The van der Waals surface area contributed by atoms with Gasteiger partial charge in [-0.15, -0.1) is 0 Å². The molecule has 1 atom stereocenters. The van der Waals surface area contributed by atoms with Gasteiger partial charge in [0.25, 0.3) is 0 Å². The summed E-state index contributed by atoms with van der Waals surface area (Å²) in [7, 11) is 3.28. The second-order valence-electron chi connectivity index (χ2n) is 7.09. The highest BCUT2D eigenvalue weighted by molar-refractivity contribution is 7.22. The Morgan fingerprint density at radius 2 is 2.03 bits per heavy atom. The second-order valence-corrected chi connectivity index (χ2v) is 8.12. The summed E-state index contributed by atoms with van der Waals surface area (Å²) in [5.41, 5.74) is 4.11. The summed E-state index contributed by atoms with van der Waals surface area (Å²) in [6.07, 6.45) is 2.89. The van der Waals surface area contributed by atoms with Gasteiger partial charge in [-0.25, -0.2) is 9.97 Å². The van der Waals surface area contributed by atoms with Gasteiger partial charge in [-0.3, -0.25) is 0 Å². The van der Waals surface area contributed by atoms with E-state index in [4.69, 9.17) is 19.2 Å². The molecule has 1 aliphatic rings. The molecule has 0 unspecified atom stereocenters. The number of nitrogens with one attached hydrogen (secondary N) is 1. The molecule has 1 fully saturated rings. The Balaban J connectivity index is 1.42. The Morgan fingerprint density at radius 1 is 1.17 bits per heavy atom. The monoisotopic (exact) mass is 410 g/mol. The molecule has 0 spiro atoms. The summed E-state index contributed by atoms with van der Waals surface area (Å²) in [4.78, 5) is 9.23. The molecule has 7 nitrogen and oxygen atoms in total. The van der Waals surface area contributed by atoms with E-state index in [-0.39, 0.29) is 0 Å². The van der Waals surface area contributed by atoms with Crippen LogP contribution >= 0.6 is 11.3 Å². The van der Waals surface area contributed by atoms with E-state index in [0.29, 0.717) is 17.5 Å². The van der Waals surface area contributed by atoms with E-state index in [1.165, 1.54) is 10.3 Å². The van der Waals surface area contributed by atoms with Crippen molar-refractivity contribution < 1.29 is 14.2 Å². The van der Waals surface area contributed by atoms with Crippen LogP contribution in [0.1, 0.15) is 12.0 Å². The Kier molecular flexibility index (Phi) is 4.73. The Labute approximate surface area is 172 Å². The topological polar surface area (TPSA) is 70.4 Å². The van der Waals surface area contributed by atoms with Gasteiger partial charge in [0.1, 0.15) is 0 Å². The molecular formula is C21H22N4O3S. The van der Waals surface area contributed by atoms with Crippen LogP contribution in [0, 0.1) is 0 Å². The van der Waals surface area contributed by atoms with Crippen molar-refractivity contribution >= 4 is 37.7 Å². The highest BCUT2D eigenvalue weighted by Crippen LogP contribution is 2.32. The molecule has 2 aromatic heterocycles. The number of ether oxygens (including phenoxy) is 3. The zero-order valence-electron chi connectivity index (χ0n) is 16.3. The molecule has 0 aliphatic carbocycles. The van der Waals surface area contributed by atoms with Crippen LogP contribution < -0.4 is 14.8 Å². The maximum Gasteiger partial charge on any atom is 0.184 e. The van der Waals surface area contributed by atoms with Gasteiger partial charge in [0.05, 0.1) is 54.4 Å². The van der Waals surface area contributed by atoms with Crippen LogP contribution in [0.5, 0.6) is 11.5 Å². The normalized spacial score (nSPS) is 16.6. The zero-order valence-corrected chi connectivity index (χ0v) is 17.2. The molecule has 29 heavy (non-hydrogen) atoms. The predicted molar refractivity (Wildman–Crippen MR) is 114 cm³/mol. The Hall–Kier alpha value is -2.84. The molecule has 0 bridgehead atoms. The zero-order chi connectivity index (χ0) is 19.8. The molecule has 4 aromatic rings. The van der Waals surface area contributed by atoms with E-state index in [9.17, 15) is 0 Å². The molecule has 2 aromatic carbocycles. The predicted octanol–water partition coefficient (Wildman–Crippen LogP) is 3.91. The molecule has 0 saturated carbocycles. The maximum absolute atomic E-state index is 5.45. The average molecular weight is 410 g/mol. The van der Waals surface area contributed by atoms with E-state index in [1.54, 1.807) is 25.6 Å². The highest BCUT2D eigenvalue weighted by atomic mass is 32.1. The van der Waals surface area contributed by atoms with Gasteiger partial charge in [0.15, 0.2) is 16.6 Å². The van der Waals surface area contributed by atoms with E-state index >= 15 is 0 Å². The molecule has 5 rings (SSSR count). The second kappa shape index (κ2) is 7.53. The fraction of sp³-hybridized carbons (Fsp3) is 0.333. The van der Waals surface area contributed by atoms with Gasteiger partial charge in [0, 0.05) is 25.3 Å². The number of aromatic nitrogens is 3. The largest absolute Gasteiger partial charge is 0.493 e. The summed E-state index contributed by atoms with van der Waals surface area (Å²) < 4.78 is 19.6. The first kappa shape index (κ1) is 18.2. The van der Waals surface area contributed by atoms with Gasteiger partial charge in [-0.2, -0.15) is 0 Å². The van der Waals surface area contributed by atoms with Crippen LogP contribution in [0.4, 0.5) is 5.13 Å². The minimum Gasteiger partial charge on any atom is -0.493 e. The number of anilines is 1. The first-order chi connectivity index (χ1) is 14.2. The third kappa shape index (κ3) is 3.49. The molecule has 1 aliphatic heterocycles. The van der Waals surface area contributed by atoms with Gasteiger partial charge < -0.3 is 24.1 Å². The number of benzene rings is 2. The molecule has 0 radical (unpaired) electrons. The third-order valence-corrected chi connectivity index (χ3v) is 6.14. The van der Waals surface area contributed by atoms with Crippen molar-refractivity contribution in [1.82, 2.24) is 14.5 Å². The summed E-state index contributed by atoms with van der Waals surface area (Å²) in [6.45, 7) is 2.30. The number of fused-ring (bicyclic) bond motifs is 2. The number of methoxy groups -OCH3 is 2. The number of rotatable bonds is 6. The molecule has 8 heteroatoms. The first-order valence-corrected chi connectivity index (χ1v) is 10.4. The third-order valence-electron chi connectivity index (χ3n) is 5.19. The standard InChI is InChI=1S/C21H22N4O3S/c1-26-18-8-16-17(9-19(18)27-2)25(12-22-16)10-13-3-4-15-20(7-13)29-21(24-15)23-14-5-6-28-11-14/h3-4,7-9,12,14H,5-6,10-11H2,1-2H3,(H,23,24)/t14-/m1/s1. The molecule has 150 valence electrons. The summed E-state index contributed by atoms with van der Waals surface area (Å²) in [5, 5.41) is 4.44. The van der Waals surface area contributed by atoms with E-state index in [0.717, 1.165) is 47.9 Å². The fourth-order valence-electron chi connectivity index (χ4n) is 3.66. The minimum absolute atomic E-state index is 0.360. The van der Waals surface area contributed by atoms with Crippen molar-refractivity contribution in [2.24, 2.45) is 0 Å². The Bertz CT molecular complexity index is 1160. The molecule has 1 N–H and O–H groups in total. The first-order valence-electron chi connectivity index (χ1n) is 9.54. The minimum atomic E-state index is 0.360. The molecule has 3 heterocycles. The van der Waals surface area contributed by atoms with Crippen LogP contribution in [0.25, 0.3) is 21.3 Å². The smallest absolute Gasteiger partial charge is 0.184 e. The van der Waals surface area contributed by atoms with Crippen LogP contribution in [-0.2, 0) is 11.3 Å².